The molecule has 4 heterocycles. The van der Waals surface area contributed by atoms with Gasteiger partial charge in [-0.25, -0.2) is 9.37 Å². The summed E-state index contributed by atoms with van der Waals surface area (Å²) < 4.78 is 21.6. The molecular weight excluding hydrogens is 445 g/mol. The zero-order valence-corrected chi connectivity index (χ0v) is 19.7. The summed E-state index contributed by atoms with van der Waals surface area (Å²) in [6, 6.07) is 10.9. The fourth-order valence-electron chi connectivity index (χ4n) is 4.36. The molecule has 0 atom stereocenters. The molecule has 5 rings (SSSR count). The highest BCUT2D eigenvalue weighted by molar-refractivity contribution is 5.94. The maximum absolute atomic E-state index is 14.4. The van der Waals surface area contributed by atoms with Gasteiger partial charge in [0.05, 0.1) is 19.4 Å². The number of nitrogens with one attached hydrogen (secondary N) is 1. The number of rotatable bonds is 7. The van der Waals surface area contributed by atoms with E-state index in [1.54, 1.807) is 36.0 Å². The lowest BCUT2D eigenvalue weighted by molar-refractivity contribution is 0.0374. The van der Waals surface area contributed by atoms with Crippen molar-refractivity contribution in [2.24, 2.45) is 0 Å². The van der Waals surface area contributed by atoms with Crippen LogP contribution >= 0.6 is 0 Å². The van der Waals surface area contributed by atoms with E-state index in [9.17, 15) is 9.18 Å². The molecule has 0 saturated carbocycles. The molecule has 8 heteroatoms. The Morgan fingerprint density at radius 1 is 1.11 bits per heavy atom. The number of halogens is 1. The zero-order chi connectivity index (χ0) is 24.2. The number of carbonyl (C=O) groups excluding carboxylic acids is 1. The van der Waals surface area contributed by atoms with E-state index in [4.69, 9.17) is 4.74 Å². The SMILES string of the molecule is Cc1ccc(-c2cc3ncc(C(=O)NCCCN4CCOCC4)n3cc2-c2cccnc2)cc1F. The molecule has 35 heavy (non-hydrogen) atoms. The van der Waals surface area contributed by atoms with Crippen LogP contribution in [0.4, 0.5) is 4.39 Å². The standard InChI is InChI=1S/C27H28FN5O2/c1-19-5-6-20(14-24(19)28)22-15-26-31-17-25(33(26)18-23(22)21-4-2-7-29-16-21)27(34)30-8-3-9-32-10-12-35-13-11-32/h2,4-7,14-18H,3,8-13H2,1H3,(H,30,34). The fraction of sp³-hybridized carbons (Fsp3) is 0.296. The predicted molar refractivity (Wildman–Crippen MR) is 133 cm³/mol. The Morgan fingerprint density at radius 2 is 1.97 bits per heavy atom. The van der Waals surface area contributed by atoms with Crippen molar-refractivity contribution in [2.75, 3.05) is 39.4 Å². The topological polar surface area (TPSA) is 71.8 Å². The third-order valence-electron chi connectivity index (χ3n) is 6.38. The summed E-state index contributed by atoms with van der Waals surface area (Å²) in [5.41, 5.74) is 4.94. The number of morpholine rings is 1. The summed E-state index contributed by atoms with van der Waals surface area (Å²) in [4.78, 5) is 24.1. The molecule has 1 N–H and O–H groups in total. The maximum atomic E-state index is 14.4. The van der Waals surface area contributed by atoms with E-state index in [2.05, 4.69) is 20.2 Å². The van der Waals surface area contributed by atoms with E-state index >= 15 is 0 Å². The molecule has 0 radical (unpaired) electrons. The lowest BCUT2D eigenvalue weighted by Gasteiger charge is -2.26. The Labute approximate surface area is 203 Å². The Kier molecular flexibility index (Phi) is 6.83. The molecular formula is C27H28FN5O2. The summed E-state index contributed by atoms with van der Waals surface area (Å²) >= 11 is 0. The van der Waals surface area contributed by atoms with Crippen LogP contribution in [0.15, 0.2) is 61.2 Å². The second-order valence-corrected chi connectivity index (χ2v) is 8.74. The number of fused-ring (bicyclic) bond motifs is 1. The molecule has 0 spiro atoms. The highest BCUT2D eigenvalue weighted by atomic mass is 19.1. The van der Waals surface area contributed by atoms with Crippen molar-refractivity contribution in [3.05, 3.63) is 78.3 Å². The first-order valence-corrected chi connectivity index (χ1v) is 11.9. The first-order chi connectivity index (χ1) is 17.1. The molecule has 0 bridgehead atoms. The van der Waals surface area contributed by atoms with Crippen LogP contribution in [0.25, 0.3) is 27.9 Å². The number of aromatic nitrogens is 3. The first-order valence-electron chi connectivity index (χ1n) is 11.9. The van der Waals surface area contributed by atoms with Gasteiger partial charge in [0.15, 0.2) is 0 Å². The normalized spacial score (nSPS) is 14.3. The van der Waals surface area contributed by atoms with Crippen LogP contribution in [0.2, 0.25) is 0 Å². The van der Waals surface area contributed by atoms with Crippen molar-refractivity contribution in [3.63, 3.8) is 0 Å². The molecule has 1 fully saturated rings. The van der Waals surface area contributed by atoms with Crippen molar-refractivity contribution in [3.8, 4) is 22.3 Å². The molecule has 3 aromatic heterocycles. The number of pyridine rings is 2. The minimum absolute atomic E-state index is 0.175. The minimum Gasteiger partial charge on any atom is -0.379 e. The van der Waals surface area contributed by atoms with Gasteiger partial charge >= 0.3 is 0 Å². The summed E-state index contributed by atoms with van der Waals surface area (Å²) in [6.07, 6.45) is 7.80. The van der Waals surface area contributed by atoms with Gasteiger partial charge in [-0.1, -0.05) is 18.2 Å². The van der Waals surface area contributed by atoms with Crippen molar-refractivity contribution in [1.29, 1.82) is 0 Å². The molecule has 1 amide bonds. The molecule has 7 nitrogen and oxygen atoms in total. The van der Waals surface area contributed by atoms with Crippen LogP contribution in [0.5, 0.6) is 0 Å². The summed E-state index contributed by atoms with van der Waals surface area (Å²) in [6.45, 7) is 6.66. The molecule has 180 valence electrons. The maximum Gasteiger partial charge on any atom is 0.269 e. The molecule has 0 aliphatic carbocycles. The lowest BCUT2D eigenvalue weighted by Crippen LogP contribution is -2.38. The molecule has 1 aromatic carbocycles. The highest BCUT2D eigenvalue weighted by Gasteiger charge is 2.17. The molecule has 0 unspecified atom stereocenters. The summed E-state index contributed by atoms with van der Waals surface area (Å²) in [5.74, 6) is -0.439. The lowest BCUT2D eigenvalue weighted by atomic mass is 9.96. The Bertz CT molecular complexity index is 1330. The Morgan fingerprint density at radius 3 is 2.74 bits per heavy atom. The zero-order valence-electron chi connectivity index (χ0n) is 19.7. The van der Waals surface area contributed by atoms with Crippen molar-refractivity contribution in [1.82, 2.24) is 24.6 Å². The van der Waals surface area contributed by atoms with Crippen molar-refractivity contribution < 1.29 is 13.9 Å². The van der Waals surface area contributed by atoms with Crippen LogP contribution in [-0.4, -0.2) is 64.6 Å². The van der Waals surface area contributed by atoms with E-state index < -0.39 is 0 Å². The highest BCUT2D eigenvalue weighted by Crippen LogP contribution is 2.34. The number of amides is 1. The monoisotopic (exact) mass is 473 g/mol. The quantitative estimate of drug-likeness (QED) is 0.412. The number of hydrogen-bond acceptors (Lipinski definition) is 5. The van der Waals surface area contributed by atoms with Gasteiger partial charge < -0.3 is 10.1 Å². The van der Waals surface area contributed by atoms with Gasteiger partial charge in [0.25, 0.3) is 5.91 Å². The number of nitrogens with zero attached hydrogens (tertiary/aromatic N) is 4. The third kappa shape index (κ3) is 5.08. The Balaban J connectivity index is 1.42. The number of hydrogen-bond donors (Lipinski definition) is 1. The average molecular weight is 474 g/mol. The van der Waals surface area contributed by atoms with Crippen LogP contribution in [0, 0.1) is 12.7 Å². The summed E-state index contributed by atoms with van der Waals surface area (Å²) in [5, 5.41) is 3.02. The smallest absolute Gasteiger partial charge is 0.269 e. The van der Waals surface area contributed by atoms with Crippen LogP contribution in [-0.2, 0) is 4.74 Å². The second kappa shape index (κ2) is 10.3. The number of aryl methyl sites for hydroxylation is 1. The predicted octanol–water partition coefficient (Wildman–Crippen LogP) is 3.96. The van der Waals surface area contributed by atoms with Gasteiger partial charge in [-0.05, 0) is 54.8 Å². The van der Waals surface area contributed by atoms with Crippen molar-refractivity contribution >= 4 is 11.6 Å². The van der Waals surface area contributed by atoms with Gasteiger partial charge in [0, 0.05) is 49.4 Å². The summed E-state index contributed by atoms with van der Waals surface area (Å²) in [7, 11) is 0. The first kappa shape index (κ1) is 23.1. The van der Waals surface area contributed by atoms with E-state index in [0.717, 1.165) is 61.5 Å². The van der Waals surface area contributed by atoms with Gasteiger partial charge in [0.2, 0.25) is 0 Å². The van der Waals surface area contributed by atoms with Gasteiger partial charge in [-0.15, -0.1) is 0 Å². The van der Waals surface area contributed by atoms with E-state index in [1.165, 1.54) is 6.07 Å². The molecule has 1 saturated heterocycles. The number of imidazole rings is 1. The second-order valence-electron chi connectivity index (χ2n) is 8.74. The molecule has 1 aliphatic heterocycles. The minimum atomic E-state index is -0.264. The van der Waals surface area contributed by atoms with Crippen molar-refractivity contribution in [2.45, 2.75) is 13.3 Å². The van der Waals surface area contributed by atoms with E-state index in [0.29, 0.717) is 23.4 Å². The fourth-order valence-corrected chi connectivity index (χ4v) is 4.36. The molecule has 1 aliphatic rings. The van der Waals surface area contributed by atoms with Gasteiger partial charge in [-0.3, -0.25) is 19.1 Å². The number of ether oxygens (including phenoxy) is 1. The Hall–Kier alpha value is -3.62. The van der Waals surface area contributed by atoms with Gasteiger partial charge in [-0.2, -0.15) is 0 Å². The van der Waals surface area contributed by atoms with Crippen LogP contribution in [0.3, 0.4) is 0 Å². The number of carbonyl (C=O) groups is 1. The van der Waals surface area contributed by atoms with E-state index in [-0.39, 0.29) is 11.7 Å². The molecule has 4 aromatic rings. The van der Waals surface area contributed by atoms with Gasteiger partial charge in [0.1, 0.15) is 17.2 Å². The average Bonchev–Trinajstić information content (AvgIpc) is 3.32. The van der Waals surface area contributed by atoms with E-state index in [1.807, 2.05) is 30.5 Å². The third-order valence-corrected chi connectivity index (χ3v) is 6.38. The van der Waals surface area contributed by atoms with Crippen LogP contribution < -0.4 is 5.32 Å². The van der Waals surface area contributed by atoms with Crippen LogP contribution in [0.1, 0.15) is 22.5 Å². The number of benzene rings is 1. The largest absolute Gasteiger partial charge is 0.379 e.